The molecule has 1 aliphatic carbocycles. The molecule has 1 aliphatic rings. The number of carbonyl (C=O) groups is 2. The van der Waals surface area contributed by atoms with E-state index < -0.39 is 57.2 Å². The molecule has 0 aliphatic heterocycles. The van der Waals surface area contributed by atoms with Crippen molar-refractivity contribution < 1.29 is 53.4 Å². The highest BCUT2D eigenvalue weighted by Gasteiger charge is 2.43. The van der Waals surface area contributed by atoms with Gasteiger partial charge in [-0.1, -0.05) is 39.5 Å². The fraction of sp³-hybridized carbons (Fsp3) is 0.905. The second-order valence-electron chi connectivity index (χ2n) is 8.16. The lowest BCUT2D eigenvalue weighted by atomic mass is 9.87. The first-order chi connectivity index (χ1) is 15.7. The Balaban J connectivity index is 2.56. The van der Waals surface area contributed by atoms with E-state index in [1.165, 1.54) is 0 Å². The van der Waals surface area contributed by atoms with Crippen molar-refractivity contribution in [3.05, 3.63) is 0 Å². The van der Waals surface area contributed by atoms with Gasteiger partial charge >= 0.3 is 20.5 Å². The lowest BCUT2D eigenvalue weighted by molar-refractivity contribution is -0.173. The van der Waals surface area contributed by atoms with Gasteiger partial charge in [-0.3, -0.25) is 9.59 Å². The Morgan fingerprint density at radius 1 is 0.879 bits per heavy atom. The summed E-state index contributed by atoms with van der Waals surface area (Å²) in [7, 11) is -2.59. The molecule has 1 fully saturated rings. The number of unbranched alkanes of at least 4 members (excludes halogenated alkanes) is 4. The zero-order chi connectivity index (χ0) is 24.8. The summed E-state index contributed by atoms with van der Waals surface area (Å²) in [4.78, 5) is 34.0. The van der Waals surface area contributed by atoms with Crippen LogP contribution in [0.5, 0.6) is 0 Å². The minimum absolute atomic E-state index is 0.200. The van der Waals surface area contributed by atoms with Gasteiger partial charge in [-0.15, -0.1) is 0 Å². The Morgan fingerprint density at radius 2 is 1.48 bits per heavy atom. The number of ether oxygens (including phenoxy) is 2. The van der Waals surface area contributed by atoms with Gasteiger partial charge < -0.3 is 43.8 Å². The minimum Gasteiger partial charge on any atom is -0.462 e. The lowest BCUT2D eigenvalue weighted by Crippen LogP contribution is -2.56. The first kappa shape index (κ1) is 30.1. The van der Waals surface area contributed by atoms with Crippen molar-refractivity contribution in [1.82, 2.24) is 0 Å². The molecule has 11 nitrogen and oxygen atoms in total. The van der Waals surface area contributed by atoms with E-state index in [4.69, 9.17) is 18.5 Å². The van der Waals surface area contributed by atoms with Gasteiger partial charge in [0, 0.05) is 19.3 Å². The molecule has 12 heteroatoms. The number of aliphatic hydroxyl groups is 4. The third kappa shape index (κ3) is 11.9. The molecule has 1 unspecified atom stereocenters. The molecule has 1 saturated carbocycles. The monoisotopic (exact) mass is 498 g/mol. The molecule has 0 aromatic rings. The Labute approximate surface area is 196 Å². The molecule has 0 bridgehead atoms. The van der Waals surface area contributed by atoms with Crippen LogP contribution in [0.4, 0.5) is 0 Å². The smallest absolute Gasteiger partial charge is 0.330 e. The average molecular weight is 499 g/mol. The lowest BCUT2D eigenvalue weighted by Gasteiger charge is -2.38. The van der Waals surface area contributed by atoms with E-state index in [1.807, 2.05) is 13.8 Å². The Bertz CT molecular complexity index is 564. The van der Waals surface area contributed by atoms with Gasteiger partial charge in [-0.05, 0) is 12.8 Å². The van der Waals surface area contributed by atoms with Gasteiger partial charge in [0.2, 0.25) is 0 Å². The quantitative estimate of drug-likeness (QED) is 0.117. The molecule has 5 N–H and O–H groups in total. The summed E-state index contributed by atoms with van der Waals surface area (Å²) >= 11 is 0. The average Bonchev–Trinajstić information content (AvgIpc) is 2.78. The normalized spacial score (nSPS) is 27.1. The van der Waals surface area contributed by atoms with Gasteiger partial charge in [-0.25, -0.2) is 0 Å². The second kappa shape index (κ2) is 16.7. The van der Waals surface area contributed by atoms with Crippen LogP contribution in [0.2, 0.25) is 0 Å². The highest BCUT2D eigenvalue weighted by Crippen LogP contribution is 2.39. The topological polar surface area (TPSA) is 172 Å². The van der Waals surface area contributed by atoms with Crippen molar-refractivity contribution in [2.45, 2.75) is 108 Å². The van der Waals surface area contributed by atoms with E-state index in [0.29, 0.717) is 12.8 Å². The van der Waals surface area contributed by atoms with Crippen LogP contribution in [0.1, 0.15) is 71.6 Å². The molecule has 1 rings (SSSR count). The highest BCUT2D eigenvalue weighted by atomic mass is 31.2. The molecule has 0 saturated heterocycles. The minimum atomic E-state index is -2.59. The number of carbonyl (C=O) groups excluding carboxylic acids is 2. The van der Waals surface area contributed by atoms with Crippen molar-refractivity contribution in [2.75, 3.05) is 13.2 Å². The van der Waals surface area contributed by atoms with Crippen LogP contribution in [0.3, 0.4) is 0 Å². The van der Waals surface area contributed by atoms with Crippen molar-refractivity contribution in [1.29, 1.82) is 0 Å². The predicted octanol–water partition coefficient (Wildman–Crippen LogP) is 1.07. The number of aliphatic hydroxyl groups excluding tert-OH is 4. The summed E-state index contributed by atoms with van der Waals surface area (Å²) in [5.74, 6) is -0.907. The summed E-state index contributed by atoms with van der Waals surface area (Å²) < 4.78 is 20.9. The molecule has 33 heavy (non-hydrogen) atoms. The Morgan fingerprint density at radius 3 is 2.09 bits per heavy atom. The van der Waals surface area contributed by atoms with Gasteiger partial charge in [0.15, 0.2) is 6.10 Å². The summed E-state index contributed by atoms with van der Waals surface area (Å²) in [6.07, 6.45) is -2.98. The van der Waals surface area contributed by atoms with Crippen molar-refractivity contribution in [2.24, 2.45) is 0 Å². The van der Waals surface area contributed by atoms with E-state index in [2.05, 4.69) is 0 Å². The van der Waals surface area contributed by atoms with Crippen molar-refractivity contribution in [3.8, 4) is 0 Å². The van der Waals surface area contributed by atoms with E-state index in [0.717, 1.165) is 25.7 Å². The van der Waals surface area contributed by atoms with E-state index in [-0.39, 0.29) is 32.5 Å². The molecular weight excluding hydrogens is 459 g/mol. The third-order valence-electron chi connectivity index (χ3n) is 5.24. The molecule has 7 atom stereocenters. The molecule has 0 aromatic carbocycles. The SMILES string of the molecule is CCCCCC(=O)OC[C@H](COP(O)O[C@@H]1C[C@H](O)[C@@H](O)[C@H](O)[C@H]1O)OC(=O)CCCCC. The summed E-state index contributed by atoms with van der Waals surface area (Å²) in [6.45, 7) is 3.44. The first-order valence-corrected chi connectivity index (χ1v) is 12.7. The van der Waals surface area contributed by atoms with Crippen LogP contribution in [-0.2, 0) is 28.1 Å². The number of esters is 2. The van der Waals surface area contributed by atoms with Crippen LogP contribution in [0.25, 0.3) is 0 Å². The number of hydrogen-bond donors (Lipinski definition) is 5. The Kier molecular flexibility index (Phi) is 15.2. The van der Waals surface area contributed by atoms with Gasteiger partial charge in [0.05, 0.1) is 18.8 Å². The maximum Gasteiger partial charge on any atom is 0.330 e. The van der Waals surface area contributed by atoms with E-state index >= 15 is 0 Å². The van der Waals surface area contributed by atoms with Gasteiger partial charge in [0.25, 0.3) is 0 Å². The van der Waals surface area contributed by atoms with Crippen LogP contribution in [0, 0.1) is 0 Å². The fourth-order valence-corrected chi connectivity index (χ4v) is 4.02. The predicted molar refractivity (Wildman–Crippen MR) is 118 cm³/mol. The summed E-state index contributed by atoms with van der Waals surface area (Å²) in [6, 6.07) is 0. The fourth-order valence-electron chi connectivity index (χ4n) is 3.22. The molecule has 0 aromatic heterocycles. The zero-order valence-corrected chi connectivity index (χ0v) is 20.3. The molecular formula is C21H39O11P. The standard InChI is InChI=1S/C21H39O11P/c1-3-5-7-9-17(23)29-12-14(31-18(24)10-8-6-4-2)13-30-33(28)32-16-11-15(22)19(25)21(27)20(16)26/h14-16,19-22,25-28H,3-13H2,1-2H3/t14-,15+,16-,19-,20+,21+,33?/m1/s1. The van der Waals surface area contributed by atoms with Crippen molar-refractivity contribution >= 4 is 20.5 Å². The maximum absolute atomic E-state index is 12.1. The second-order valence-corrected chi connectivity index (χ2v) is 9.11. The van der Waals surface area contributed by atoms with Crippen LogP contribution in [-0.4, -0.2) is 87.1 Å². The van der Waals surface area contributed by atoms with Crippen molar-refractivity contribution in [3.63, 3.8) is 0 Å². The maximum atomic E-state index is 12.1. The molecule has 194 valence electrons. The number of rotatable bonds is 16. The highest BCUT2D eigenvalue weighted by molar-refractivity contribution is 7.40. The largest absolute Gasteiger partial charge is 0.462 e. The molecule has 0 amide bonds. The molecule has 0 heterocycles. The summed E-state index contributed by atoms with van der Waals surface area (Å²) in [5, 5.41) is 39.0. The van der Waals surface area contributed by atoms with Crippen LogP contribution < -0.4 is 0 Å². The molecule has 0 spiro atoms. The zero-order valence-electron chi connectivity index (χ0n) is 19.4. The first-order valence-electron chi connectivity index (χ1n) is 11.6. The third-order valence-corrected chi connectivity index (χ3v) is 6.06. The van der Waals surface area contributed by atoms with Crippen LogP contribution >= 0.6 is 8.60 Å². The molecule has 0 radical (unpaired) electrons. The van der Waals surface area contributed by atoms with Gasteiger partial charge in [-0.2, -0.15) is 0 Å². The number of hydrogen-bond acceptors (Lipinski definition) is 11. The Hall–Kier alpha value is -0.910. The van der Waals surface area contributed by atoms with Crippen LogP contribution in [0.15, 0.2) is 0 Å². The van der Waals surface area contributed by atoms with E-state index in [1.54, 1.807) is 0 Å². The van der Waals surface area contributed by atoms with Gasteiger partial charge in [0.1, 0.15) is 24.9 Å². The summed E-state index contributed by atoms with van der Waals surface area (Å²) in [5.41, 5.74) is 0. The van der Waals surface area contributed by atoms with E-state index in [9.17, 15) is 34.9 Å².